The number of hydrogen-bond donors (Lipinski definition) is 0. The highest BCUT2D eigenvalue weighted by atomic mass is 32.2. The minimum Gasteiger partial charge on any atom is -0.491 e. The standard InChI is InChI=1S/C27H32O6S/c1-27-16-23(17-3-7-20(8-4-17)32-13-14-33-34(2,30)31)26-21-10-6-19(28)15-18(21)5-9-22(26)24(27)11-12-25(27)29/h3-4,7-8,15,22-24H,5-6,9-14,16H2,1-2H3/t22-,23+,24-,27-/m0/s1. The summed E-state index contributed by atoms with van der Waals surface area (Å²) in [6, 6.07) is 7.95. The molecule has 4 aliphatic carbocycles. The molecule has 0 aliphatic heterocycles. The smallest absolute Gasteiger partial charge is 0.264 e. The topological polar surface area (TPSA) is 86.7 Å². The molecule has 34 heavy (non-hydrogen) atoms. The Morgan fingerprint density at radius 2 is 1.76 bits per heavy atom. The molecule has 0 heterocycles. The third-order valence-corrected chi connectivity index (χ3v) is 8.97. The summed E-state index contributed by atoms with van der Waals surface area (Å²) >= 11 is 0. The average Bonchev–Trinajstić information content (AvgIpc) is 3.10. The van der Waals surface area contributed by atoms with Crippen LogP contribution in [0.3, 0.4) is 0 Å². The first kappa shape index (κ1) is 23.5. The van der Waals surface area contributed by atoms with Crippen LogP contribution in [-0.2, 0) is 23.9 Å². The van der Waals surface area contributed by atoms with Gasteiger partial charge in [0.1, 0.15) is 24.7 Å². The number of benzene rings is 1. The fraction of sp³-hybridized carbons (Fsp3) is 0.556. The second-order valence-electron chi connectivity index (χ2n) is 10.4. The van der Waals surface area contributed by atoms with Crippen LogP contribution >= 0.6 is 0 Å². The Kier molecular flexibility index (Phi) is 6.05. The first-order valence-electron chi connectivity index (χ1n) is 12.2. The van der Waals surface area contributed by atoms with E-state index in [9.17, 15) is 18.0 Å². The third kappa shape index (κ3) is 4.29. The lowest BCUT2D eigenvalue weighted by Gasteiger charge is -2.50. The molecule has 1 aromatic rings. The summed E-state index contributed by atoms with van der Waals surface area (Å²) in [7, 11) is -3.48. The van der Waals surface area contributed by atoms with E-state index >= 15 is 0 Å². The van der Waals surface area contributed by atoms with Gasteiger partial charge in [0.25, 0.3) is 10.1 Å². The molecular weight excluding hydrogens is 452 g/mol. The van der Waals surface area contributed by atoms with E-state index < -0.39 is 10.1 Å². The summed E-state index contributed by atoms with van der Waals surface area (Å²) in [6.45, 7) is 2.29. The summed E-state index contributed by atoms with van der Waals surface area (Å²) < 4.78 is 32.6. The van der Waals surface area contributed by atoms with Gasteiger partial charge in [-0.25, -0.2) is 0 Å². The molecule has 0 radical (unpaired) electrons. The van der Waals surface area contributed by atoms with E-state index in [0.29, 0.717) is 36.2 Å². The van der Waals surface area contributed by atoms with Crippen LogP contribution in [0.5, 0.6) is 5.75 Å². The van der Waals surface area contributed by atoms with Gasteiger partial charge in [-0.3, -0.25) is 13.8 Å². The van der Waals surface area contributed by atoms with E-state index in [1.807, 2.05) is 18.2 Å². The molecule has 0 unspecified atom stereocenters. The summed E-state index contributed by atoms with van der Waals surface area (Å²) in [5.74, 6) is 2.24. The average molecular weight is 485 g/mol. The van der Waals surface area contributed by atoms with Gasteiger partial charge in [-0.1, -0.05) is 24.6 Å². The summed E-state index contributed by atoms with van der Waals surface area (Å²) in [4.78, 5) is 25.1. The fourth-order valence-corrected chi connectivity index (χ4v) is 7.24. The van der Waals surface area contributed by atoms with Gasteiger partial charge in [0, 0.05) is 24.2 Å². The molecule has 0 saturated heterocycles. The number of carbonyl (C=O) groups is 2. The van der Waals surface area contributed by atoms with E-state index in [4.69, 9.17) is 8.92 Å². The van der Waals surface area contributed by atoms with Crippen LogP contribution in [-0.4, -0.2) is 39.5 Å². The second kappa shape index (κ2) is 8.76. The van der Waals surface area contributed by atoms with Crippen LogP contribution in [0.25, 0.3) is 0 Å². The van der Waals surface area contributed by atoms with Crippen molar-refractivity contribution in [2.75, 3.05) is 19.5 Å². The maximum absolute atomic E-state index is 13.0. The highest BCUT2D eigenvalue weighted by molar-refractivity contribution is 7.85. The van der Waals surface area contributed by atoms with E-state index in [0.717, 1.165) is 38.4 Å². The van der Waals surface area contributed by atoms with Gasteiger partial charge in [-0.2, -0.15) is 8.42 Å². The quantitative estimate of drug-likeness (QED) is 0.436. The maximum atomic E-state index is 13.0. The van der Waals surface area contributed by atoms with Crippen LogP contribution in [0.15, 0.2) is 47.1 Å². The van der Waals surface area contributed by atoms with Crippen molar-refractivity contribution in [3.05, 3.63) is 52.6 Å². The molecule has 4 aliphatic rings. The van der Waals surface area contributed by atoms with Crippen molar-refractivity contribution in [1.29, 1.82) is 0 Å². The Hall–Kier alpha value is -2.25. The minimum atomic E-state index is -3.48. The van der Waals surface area contributed by atoms with E-state index in [2.05, 4.69) is 19.1 Å². The number of hydrogen-bond acceptors (Lipinski definition) is 6. The van der Waals surface area contributed by atoms with Gasteiger partial charge in [0.15, 0.2) is 5.78 Å². The van der Waals surface area contributed by atoms with Gasteiger partial charge in [-0.15, -0.1) is 0 Å². The number of rotatable bonds is 6. The predicted molar refractivity (Wildman–Crippen MR) is 128 cm³/mol. The first-order valence-corrected chi connectivity index (χ1v) is 14.0. The zero-order chi connectivity index (χ0) is 24.1. The van der Waals surface area contributed by atoms with Crippen LogP contribution in [0, 0.1) is 17.3 Å². The number of fused-ring (bicyclic) bond motifs is 4. The largest absolute Gasteiger partial charge is 0.491 e. The van der Waals surface area contributed by atoms with E-state index in [1.54, 1.807) is 0 Å². The molecule has 0 N–H and O–H groups in total. The Morgan fingerprint density at radius 1 is 1.00 bits per heavy atom. The van der Waals surface area contributed by atoms with Crippen molar-refractivity contribution in [3.8, 4) is 5.75 Å². The summed E-state index contributed by atoms with van der Waals surface area (Å²) in [5.41, 5.74) is 4.94. The molecule has 0 aromatic heterocycles. The SMILES string of the molecule is C[C@]12C[C@H](c3ccc(OCCOS(C)(=O)=O)cc3)C3=C4CCC(=O)C=C4CC[C@H]3[C@@H]1CCC2=O. The molecule has 0 bridgehead atoms. The third-order valence-electron chi connectivity index (χ3n) is 8.38. The van der Waals surface area contributed by atoms with E-state index in [1.165, 1.54) is 22.3 Å². The number of Topliss-reactive ketones (excluding diaryl/α,β-unsaturated/α-hetero) is 1. The molecule has 4 atom stereocenters. The Bertz CT molecular complexity index is 1180. The normalized spacial score (nSPS) is 31.0. The van der Waals surface area contributed by atoms with Crippen molar-refractivity contribution < 1.29 is 26.9 Å². The molecule has 1 aromatic carbocycles. The minimum absolute atomic E-state index is 0.0309. The molecule has 5 rings (SSSR count). The van der Waals surface area contributed by atoms with Crippen LogP contribution in [0.1, 0.15) is 63.4 Å². The molecule has 182 valence electrons. The van der Waals surface area contributed by atoms with Crippen molar-refractivity contribution in [2.45, 2.75) is 57.8 Å². The lowest BCUT2D eigenvalue weighted by atomic mass is 9.53. The first-order chi connectivity index (χ1) is 16.2. The van der Waals surface area contributed by atoms with Gasteiger partial charge in [-0.05, 0) is 78.9 Å². The van der Waals surface area contributed by atoms with Gasteiger partial charge < -0.3 is 4.74 Å². The van der Waals surface area contributed by atoms with Crippen LogP contribution < -0.4 is 4.74 Å². The zero-order valence-electron chi connectivity index (χ0n) is 19.8. The second-order valence-corrected chi connectivity index (χ2v) is 12.0. The molecule has 2 saturated carbocycles. The fourth-order valence-electron chi connectivity index (χ4n) is 6.87. The number of ether oxygens (including phenoxy) is 1. The highest BCUT2D eigenvalue weighted by Gasteiger charge is 2.56. The lowest BCUT2D eigenvalue weighted by Crippen LogP contribution is -2.43. The van der Waals surface area contributed by atoms with Gasteiger partial charge in [0.2, 0.25) is 0 Å². The summed E-state index contributed by atoms with van der Waals surface area (Å²) in [6.07, 6.45) is 8.69. The van der Waals surface area contributed by atoms with Crippen molar-refractivity contribution in [2.24, 2.45) is 17.3 Å². The summed E-state index contributed by atoms with van der Waals surface area (Å²) in [5, 5.41) is 0. The van der Waals surface area contributed by atoms with Crippen molar-refractivity contribution in [1.82, 2.24) is 0 Å². The molecule has 7 heteroatoms. The van der Waals surface area contributed by atoms with Crippen molar-refractivity contribution >= 4 is 21.7 Å². The predicted octanol–water partition coefficient (Wildman–Crippen LogP) is 4.51. The monoisotopic (exact) mass is 484 g/mol. The number of ketones is 2. The Labute approximate surface area is 201 Å². The molecule has 6 nitrogen and oxygen atoms in total. The Morgan fingerprint density at radius 3 is 2.50 bits per heavy atom. The molecule has 0 spiro atoms. The molecular formula is C27H32O6S. The van der Waals surface area contributed by atoms with E-state index in [-0.39, 0.29) is 30.3 Å². The molecule has 2 fully saturated rings. The number of allylic oxidation sites excluding steroid dienone is 4. The maximum Gasteiger partial charge on any atom is 0.264 e. The lowest BCUT2D eigenvalue weighted by molar-refractivity contribution is -0.128. The Balaban J connectivity index is 1.45. The zero-order valence-corrected chi connectivity index (χ0v) is 20.7. The highest BCUT2D eigenvalue weighted by Crippen LogP contribution is 2.62. The van der Waals surface area contributed by atoms with Crippen LogP contribution in [0.2, 0.25) is 0 Å². The van der Waals surface area contributed by atoms with Gasteiger partial charge >= 0.3 is 0 Å². The van der Waals surface area contributed by atoms with Crippen molar-refractivity contribution in [3.63, 3.8) is 0 Å². The van der Waals surface area contributed by atoms with Crippen LogP contribution in [0.4, 0.5) is 0 Å². The number of carbonyl (C=O) groups excluding carboxylic acids is 2. The van der Waals surface area contributed by atoms with Gasteiger partial charge in [0.05, 0.1) is 6.26 Å². The molecule has 0 amide bonds.